The monoisotopic (exact) mass is 474 g/mol. The summed E-state index contributed by atoms with van der Waals surface area (Å²) in [6.45, 7) is 1.14. The molecule has 0 bridgehead atoms. The van der Waals surface area contributed by atoms with Gasteiger partial charge in [0, 0.05) is 19.7 Å². The van der Waals surface area contributed by atoms with Crippen LogP contribution in [0.25, 0.3) is 0 Å². The Bertz CT molecular complexity index is 904. The van der Waals surface area contributed by atoms with Gasteiger partial charge in [-0.25, -0.2) is 9.59 Å². The number of rotatable bonds is 10. The molecule has 1 aliphatic rings. The van der Waals surface area contributed by atoms with Crippen molar-refractivity contribution in [2.75, 3.05) is 38.4 Å². The summed E-state index contributed by atoms with van der Waals surface area (Å²) in [6, 6.07) is 1.25. The van der Waals surface area contributed by atoms with Crippen molar-refractivity contribution < 1.29 is 48.7 Å². The van der Waals surface area contributed by atoms with Crippen LogP contribution < -0.4 is 16.3 Å². The fraction of sp³-hybridized carbons (Fsp3) is 0.611. The summed E-state index contributed by atoms with van der Waals surface area (Å²) in [4.78, 5) is 49.7. The lowest BCUT2D eigenvalue weighted by molar-refractivity contribution is -0.164. The zero-order valence-corrected chi connectivity index (χ0v) is 17.9. The molecule has 33 heavy (non-hydrogen) atoms. The molecule has 184 valence electrons. The van der Waals surface area contributed by atoms with E-state index in [1.807, 2.05) is 0 Å². The van der Waals surface area contributed by atoms with E-state index in [-0.39, 0.29) is 25.5 Å². The molecule has 2 rings (SSSR count). The topological polar surface area (TPSA) is 208 Å². The number of hydrogen-bond donors (Lipinski definition) is 5. The lowest BCUT2D eigenvalue weighted by atomic mass is 9.96. The summed E-state index contributed by atoms with van der Waals surface area (Å²) in [5, 5.41) is 34.6. The van der Waals surface area contributed by atoms with Gasteiger partial charge in [0.25, 0.3) is 0 Å². The van der Waals surface area contributed by atoms with Crippen LogP contribution >= 0.6 is 0 Å². The lowest BCUT2D eigenvalue weighted by Gasteiger charge is -2.27. The van der Waals surface area contributed by atoms with Crippen molar-refractivity contribution in [2.45, 2.75) is 37.9 Å². The molecule has 1 fully saturated rings. The van der Waals surface area contributed by atoms with Gasteiger partial charge in [-0.3, -0.25) is 19.5 Å². The van der Waals surface area contributed by atoms with Crippen LogP contribution in [0.4, 0.5) is 10.6 Å². The summed E-state index contributed by atoms with van der Waals surface area (Å²) in [7, 11) is 0. The predicted molar refractivity (Wildman–Crippen MR) is 107 cm³/mol. The highest BCUT2D eigenvalue weighted by molar-refractivity contribution is 5.83. The third kappa shape index (κ3) is 7.19. The Balaban J connectivity index is 1.77. The van der Waals surface area contributed by atoms with E-state index < -0.39 is 61.2 Å². The first kappa shape index (κ1) is 26.1. The summed E-state index contributed by atoms with van der Waals surface area (Å²) >= 11 is 0. The minimum Gasteiger partial charge on any atom is -0.448 e. The van der Waals surface area contributed by atoms with Crippen molar-refractivity contribution in [1.29, 1.82) is 0 Å². The highest BCUT2D eigenvalue weighted by Crippen LogP contribution is 2.37. The number of aliphatic hydroxyl groups excluding tert-OH is 2. The third-order valence-corrected chi connectivity index (χ3v) is 4.51. The zero-order valence-electron chi connectivity index (χ0n) is 17.9. The molecule has 0 radical (unpaired) electrons. The molecular weight excluding hydrogens is 448 g/mol. The fourth-order valence-corrected chi connectivity index (χ4v) is 2.83. The average Bonchev–Trinajstić information content (AvgIpc) is 2.96. The molecule has 1 aromatic rings. The number of hydrogen-bond acceptors (Lipinski definition) is 13. The van der Waals surface area contributed by atoms with Gasteiger partial charge >= 0.3 is 23.7 Å². The Morgan fingerprint density at radius 1 is 1.30 bits per heavy atom. The van der Waals surface area contributed by atoms with Gasteiger partial charge in [0.1, 0.15) is 30.2 Å². The first-order valence-electron chi connectivity index (χ1n) is 9.75. The van der Waals surface area contributed by atoms with E-state index in [1.54, 1.807) is 0 Å². The predicted octanol–water partition coefficient (Wildman–Crippen LogP) is -2.55. The van der Waals surface area contributed by atoms with Gasteiger partial charge in [-0.15, -0.1) is 0 Å². The van der Waals surface area contributed by atoms with Gasteiger partial charge in [-0.05, 0) is 13.0 Å². The number of carbonyl (C=O) groups excluding carboxylic acids is 3. The smallest absolute Gasteiger partial charge is 0.412 e. The number of aliphatic hydroxyl groups is 3. The Morgan fingerprint density at radius 2 is 2.03 bits per heavy atom. The molecule has 0 saturated carbocycles. The van der Waals surface area contributed by atoms with Crippen molar-refractivity contribution in [1.82, 2.24) is 14.9 Å². The van der Waals surface area contributed by atoms with Gasteiger partial charge in [0.15, 0.2) is 6.23 Å². The van der Waals surface area contributed by atoms with Gasteiger partial charge in [0.2, 0.25) is 6.79 Å². The second-order valence-electron chi connectivity index (χ2n) is 7.09. The molecule has 15 heteroatoms. The molecule has 0 aromatic carbocycles. The van der Waals surface area contributed by atoms with Crippen LogP contribution in [0.3, 0.4) is 0 Å². The maximum Gasteiger partial charge on any atom is 0.412 e. The molecule has 5 N–H and O–H groups in total. The Kier molecular flexibility index (Phi) is 9.24. The van der Waals surface area contributed by atoms with E-state index in [9.17, 15) is 34.5 Å². The molecule has 0 aliphatic carbocycles. The fourth-order valence-electron chi connectivity index (χ4n) is 2.83. The van der Waals surface area contributed by atoms with Crippen LogP contribution in [0.5, 0.6) is 0 Å². The molecule has 1 aromatic heterocycles. The zero-order chi connectivity index (χ0) is 24.6. The molecule has 1 amide bonds. The molecule has 15 nitrogen and oxygen atoms in total. The number of amides is 1. The maximum atomic E-state index is 12.3. The van der Waals surface area contributed by atoms with Crippen molar-refractivity contribution >= 4 is 23.8 Å². The maximum absolute atomic E-state index is 12.3. The van der Waals surface area contributed by atoms with E-state index in [0.717, 1.165) is 4.57 Å². The molecule has 4 atom stereocenters. The van der Waals surface area contributed by atoms with Crippen LogP contribution in [0, 0.1) is 0 Å². The number of nitrogens with zero attached hydrogens (tertiary/aromatic N) is 2. The van der Waals surface area contributed by atoms with Crippen molar-refractivity contribution in [3.63, 3.8) is 0 Å². The number of carbonyl (C=O) groups is 3. The van der Waals surface area contributed by atoms with Gasteiger partial charge in [-0.1, -0.05) is 0 Å². The highest BCUT2D eigenvalue weighted by Gasteiger charge is 2.53. The van der Waals surface area contributed by atoms with E-state index >= 15 is 0 Å². The number of nitrogens with one attached hydrogen (secondary N) is 2. The van der Waals surface area contributed by atoms with Gasteiger partial charge in [0.05, 0.1) is 13.2 Å². The van der Waals surface area contributed by atoms with E-state index in [1.165, 1.54) is 26.1 Å². The van der Waals surface area contributed by atoms with Crippen LogP contribution in [0.1, 0.15) is 20.1 Å². The van der Waals surface area contributed by atoms with E-state index in [2.05, 4.69) is 25.1 Å². The van der Waals surface area contributed by atoms with Gasteiger partial charge in [-0.2, -0.15) is 4.98 Å². The molecule has 0 spiro atoms. The standard InChI is InChI=1S/C18H26N4O11/c1-10(24)31-9-32-13(25)7-19-4-6-30-17(28)21-12-3-5-22(16(27)20-12)15-18(2,29)14(26)11(8-23)33-15/h3,5,11,14-15,19,23,26,29H,4,6-9H2,1-2H3,(H,20,21,27,28)/t11-,14-,15-,18-/m1/s1. The van der Waals surface area contributed by atoms with Crippen molar-refractivity contribution in [3.05, 3.63) is 22.7 Å². The molecule has 0 unspecified atom stereocenters. The first-order chi connectivity index (χ1) is 15.6. The van der Waals surface area contributed by atoms with E-state index in [0.29, 0.717) is 0 Å². The number of esters is 2. The Labute approximate surface area is 187 Å². The number of aromatic nitrogens is 2. The molecule has 1 saturated heterocycles. The molecule has 2 heterocycles. The van der Waals surface area contributed by atoms with Gasteiger partial charge < -0.3 is 39.6 Å². The molecule has 1 aliphatic heterocycles. The Morgan fingerprint density at radius 3 is 2.64 bits per heavy atom. The van der Waals surface area contributed by atoms with Crippen LogP contribution in [-0.4, -0.2) is 93.8 Å². The summed E-state index contributed by atoms with van der Waals surface area (Å²) in [5.41, 5.74) is -2.76. The second kappa shape index (κ2) is 11.7. The molecular formula is C18H26N4O11. The first-order valence-corrected chi connectivity index (χ1v) is 9.75. The summed E-state index contributed by atoms with van der Waals surface area (Å²) in [6.07, 6.45) is -3.55. The van der Waals surface area contributed by atoms with Crippen LogP contribution in [0.15, 0.2) is 17.1 Å². The second-order valence-corrected chi connectivity index (χ2v) is 7.09. The summed E-state index contributed by atoms with van der Waals surface area (Å²) in [5.74, 6) is -1.40. The SMILES string of the molecule is CC(=O)OCOC(=O)CNCCOC(=O)Nc1ccn([C@@H]2O[C@H](CO)[C@@H](O)[C@@]2(C)O)c(=O)n1. The quantitative estimate of drug-likeness (QED) is 0.135. The van der Waals surface area contributed by atoms with Crippen molar-refractivity contribution in [2.24, 2.45) is 0 Å². The largest absolute Gasteiger partial charge is 0.448 e. The van der Waals surface area contributed by atoms with Crippen LogP contribution in [0.2, 0.25) is 0 Å². The normalized spacial score (nSPS) is 24.2. The lowest BCUT2D eigenvalue weighted by Crippen LogP contribution is -2.46. The minimum atomic E-state index is -1.87. The Hall–Kier alpha value is -3.11. The number of ether oxygens (including phenoxy) is 4. The average molecular weight is 474 g/mol. The third-order valence-electron chi connectivity index (χ3n) is 4.51. The summed E-state index contributed by atoms with van der Waals surface area (Å²) < 4.78 is 20.2. The van der Waals surface area contributed by atoms with Crippen molar-refractivity contribution in [3.8, 4) is 0 Å². The van der Waals surface area contributed by atoms with E-state index in [4.69, 9.17) is 9.47 Å². The minimum absolute atomic E-state index is 0.105. The van der Waals surface area contributed by atoms with Crippen LogP contribution in [-0.2, 0) is 28.5 Å². The highest BCUT2D eigenvalue weighted by atomic mass is 16.7. The number of anilines is 1.